The first kappa shape index (κ1) is 11.9. The Kier molecular flexibility index (Phi) is 3.54. The lowest BCUT2D eigenvalue weighted by Crippen LogP contribution is -2.04. The summed E-state index contributed by atoms with van der Waals surface area (Å²) in [7, 11) is 0. The van der Waals surface area contributed by atoms with Gasteiger partial charge in [0.25, 0.3) is 0 Å². The summed E-state index contributed by atoms with van der Waals surface area (Å²) in [5.74, 6) is 1.02. The van der Waals surface area contributed by atoms with Gasteiger partial charge in [0.05, 0.1) is 6.54 Å². The van der Waals surface area contributed by atoms with Gasteiger partial charge in [0.2, 0.25) is 0 Å². The second kappa shape index (κ2) is 4.75. The smallest absolute Gasteiger partial charge is 0.106 e. The van der Waals surface area contributed by atoms with Crippen molar-refractivity contribution in [1.82, 2.24) is 9.55 Å². The fourth-order valence-corrected chi connectivity index (χ4v) is 2.56. The van der Waals surface area contributed by atoms with E-state index >= 15 is 0 Å². The molecule has 0 atom stereocenters. The van der Waals surface area contributed by atoms with Crippen LogP contribution in [0.3, 0.4) is 0 Å². The molecule has 0 saturated heterocycles. The lowest BCUT2D eigenvalue weighted by atomic mass is 10.2. The van der Waals surface area contributed by atoms with E-state index in [0.29, 0.717) is 0 Å². The zero-order chi connectivity index (χ0) is 11.7. The monoisotopic (exact) mass is 346 g/mol. The van der Waals surface area contributed by atoms with E-state index in [2.05, 4.69) is 51.2 Å². The molecule has 0 radical (unpaired) electrons. The minimum atomic E-state index is 0.785. The molecule has 0 aliphatic rings. The molecule has 1 aromatic heterocycles. The Morgan fingerprint density at radius 2 is 2.12 bits per heavy atom. The Balaban J connectivity index is 2.34. The molecule has 1 heterocycles. The highest BCUT2D eigenvalue weighted by atomic mass is 127. The van der Waals surface area contributed by atoms with Crippen molar-refractivity contribution in [2.24, 2.45) is 0 Å². The normalized spacial score (nSPS) is 10.8. The minimum Gasteiger partial charge on any atom is -0.328 e. The first-order chi connectivity index (χ1) is 7.58. The van der Waals surface area contributed by atoms with E-state index in [-0.39, 0.29) is 0 Å². The summed E-state index contributed by atoms with van der Waals surface area (Å²) >= 11 is 8.47. The van der Waals surface area contributed by atoms with Crippen molar-refractivity contribution >= 4 is 34.2 Å². The van der Waals surface area contributed by atoms with Gasteiger partial charge >= 0.3 is 0 Å². The summed E-state index contributed by atoms with van der Waals surface area (Å²) in [5, 5.41) is 0.819. The molecule has 1 aromatic carbocycles. The van der Waals surface area contributed by atoms with Crippen LogP contribution in [0, 0.1) is 17.4 Å². The van der Waals surface area contributed by atoms with Gasteiger partial charge < -0.3 is 4.57 Å². The highest BCUT2D eigenvalue weighted by Gasteiger charge is 2.06. The maximum atomic E-state index is 6.21. The molecule has 2 nitrogen and oxygen atoms in total. The van der Waals surface area contributed by atoms with Crippen molar-refractivity contribution in [2.45, 2.75) is 20.4 Å². The number of benzene rings is 1. The van der Waals surface area contributed by atoms with Crippen LogP contribution in [0.5, 0.6) is 0 Å². The maximum absolute atomic E-state index is 6.21. The quantitative estimate of drug-likeness (QED) is 0.756. The van der Waals surface area contributed by atoms with E-state index in [1.54, 1.807) is 0 Å². The SMILES string of the molecule is Cc1cnc(C)n1Cc1ccc(I)cc1Cl. The molecule has 0 unspecified atom stereocenters. The van der Waals surface area contributed by atoms with Gasteiger partial charge in [-0.3, -0.25) is 0 Å². The molecule has 2 aromatic rings. The van der Waals surface area contributed by atoms with Crippen molar-refractivity contribution < 1.29 is 0 Å². The average Bonchev–Trinajstić information content (AvgIpc) is 2.53. The van der Waals surface area contributed by atoms with Crippen molar-refractivity contribution in [3.05, 3.63) is 50.1 Å². The Morgan fingerprint density at radius 3 is 2.69 bits per heavy atom. The Hall–Kier alpha value is -0.550. The molecule has 0 spiro atoms. The van der Waals surface area contributed by atoms with Gasteiger partial charge in [0, 0.05) is 20.5 Å². The third kappa shape index (κ3) is 2.40. The molecular formula is C12H12ClIN2. The minimum absolute atomic E-state index is 0.785. The zero-order valence-corrected chi connectivity index (χ0v) is 12.1. The molecule has 84 valence electrons. The zero-order valence-electron chi connectivity index (χ0n) is 9.17. The Bertz CT molecular complexity index is 500. The van der Waals surface area contributed by atoms with Crippen molar-refractivity contribution in [3.63, 3.8) is 0 Å². The summed E-state index contributed by atoms with van der Waals surface area (Å²) in [5.41, 5.74) is 2.29. The van der Waals surface area contributed by atoms with Crippen LogP contribution in [0.1, 0.15) is 17.1 Å². The largest absolute Gasteiger partial charge is 0.328 e. The number of hydrogen-bond donors (Lipinski definition) is 0. The molecule has 2 rings (SSSR count). The highest BCUT2D eigenvalue weighted by molar-refractivity contribution is 14.1. The van der Waals surface area contributed by atoms with Crippen LogP contribution in [-0.2, 0) is 6.54 Å². The van der Waals surface area contributed by atoms with Crippen molar-refractivity contribution in [1.29, 1.82) is 0 Å². The number of aromatic nitrogens is 2. The van der Waals surface area contributed by atoms with Crippen LogP contribution < -0.4 is 0 Å². The molecule has 0 aliphatic carbocycles. The van der Waals surface area contributed by atoms with E-state index in [0.717, 1.165) is 32.2 Å². The third-order valence-electron chi connectivity index (χ3n) is 2.60. The summed E-state index contributed by atoms with van der Waals surface area (Å²) in [6.07, 6.45) is 1.88. The molecule has 0 bridgehead atoms. The predicted octanol–water partition coefficient (Wildman–Crippen LogP) is 3.81. The molecule has 16 heavy (non-hydrogen) atoms. The van der Waals surface area contributed by atoms with Gasteiger partial charge in [0.1, 0.15) is 5.82 Å². The molecule has 0 N–H and O–H groups in total. The number of hydrogen-bond acceptors (Lipinski definition) is 1. The van der Waals surface area contributed by atoms with Gasteiger partial charge in [-0.2, -0.15) is 0 Å². The molecule has 0 amide bonds. The number of nitrogens with zero attached hydrogens (tertiary/aromatic N) is 2. The fourth-order valence-electron chi connectivity index (χ4n) is 1.64. The summed E-state index contributed by atoms with van der Waals surface area (Å²) < 4.78 is 3.32. The number of rotatable bonds is 2. The average molecular weight is 347 g/mol. The van der Waals surface area contributed by atoms with E-state index in [9.17, 15) is 0 Å². The predicted molar refractivity (Wildman–Crippen MR) is 75.0 cm³/mol. The number of halogens is 2. The second-order valence-corrected chi connectivity index (χ2v) is 5.42. The maximum Gasteiger partial charge on any atom is 0.106 e. The molecule has 4 heteroatoms. The third-order valence-corrected chi connectivity index (χ3v) is 3.62. The molecule has 0 aliphatic heterocycles. The summed E-state index contributed by atoms with van der Waals surface area (Å²) in [6.45, 7) is 4.85. The number of aryl methyl sites for hydroxylation is 2. The van der Waals surface area contributed by atoms with E-state index in [1.807, 2.05) is 19.2 Å². The van der Waals surface area contributed by atoms with Crippen molar-refractivity contribution in [2.75, 3.05) is 0 Å². The van der Waals surface area contributed by atoms with Gasteiger partial charge in [0.15, 0.2) is 0 Å². The Morgan fingerprint density at radius 1 is 1.38 bits per heavy atom. The van der Waals surface area contributed by atoms with Crippen LogP contribution in [0.2, 0.25) is 5.02 Å². The lowest BCUT2D eigenvalue weighted by Gasteiger charge is -2.09. The number of imidazole rings is 1. The van der Waals surface area contributed by atoms with Crippen LogP contribution in [0.4, 0.5) is 0 Å². The fraction of sp³-hybridized carbons (Fsp3) is 0.250. The van der Waals surface area contributed by atoms with Gasteiger partial charge in [-0.15, -0.1) is 0 Å². The molecular weight excluding hydrogens is 335 g/mol. The summed E-state index contributed by atoms with van der Waals surface area (Å²) in [6, 6.07) is 6.13. The van der Waals surface area contributed by atoms with Gasteiger partial charge in [-0.25, -0.2) is 4.98 Å². The van der Waals surface area contributed by atoms with Crippen LogP contribution in [0.25, 0.3) is 0 Å². The molecule has 0 fully saturated rings. The first-order valence-electron chi connectivity index (χ1n) is 5.00. The Labute approximate surface area is 114 Å². The second-order valence-electron chi connectivity index (χ2n) is 3.77. The standard InChI is InChI=1S/C12H12ClIN2/c1-8-6-15-9(2)16(8)7-10-3-4-11(14)5-12(10)13/h3-6H,7H2,1-2H3. The molecule has 0 saturated carbocycles. The lowest BCUT2D eigenvalue weighted by molar-refractivity contribution is 0.738. The van der Waals surface area contributed by atoms with Crippen LogP contribution in [-0.4, -0.2) is 9.55 Å². The van der Waals surface area contributed by atoms with E-state index in [4.69, 9.17) is 11.6 Å². The van der Waals surface area contributed by atoms with Crippen molar-refractivity contribution in [3.8, 4) is 0 Å². The summed E-state index contributed by atoms with van der Waals surface area (Å²) in [4.78, 5) is 4.28. The van der Waals surface area contributed by atoms with Crippen LogP contribution >= 0.6 is 34.2 Å². The van der Waals surface area contributed by atoms with Gasteiger partial charge in [-0.1, -0.05) is 17.7 Å². The van der Waals surface area contributed by atoms with E-state index < -0.39 is 0 Å². The van der Waals surface area contributed by atoms with Gasteiger partial charge in [-0.05, 0) is 54.1 Å². The topological polar surface area (TPSA) is 17.8 Å². The first-order valence-corrected chi connectivity index (χ1v) is 6.46. The van der Waals surface area contributed by atoms with E-state index in [1.165, 1.54) is 0 Å². The highest BCUT2D eigenvalue weighted by Crippen LogP contribution is 2.21. The van der Waals surface area contributed by atoms with Crippen LogP contribution in [0.15, 0.2) is 24.4 Å².